The van der Waals surface area contributed by atoms with Crippen LogP contribution in [0.2, 0.25) is 0 Å². The first-order valence-electron chi connectivity index (χ1n) is 5.67. The van der Waals surface area contributed by atoms with E-state index in [1.54, 1.807) is 7.05 Å². The lowest BCUT2D eigenvalue weighted by molar-refractivity contribution is 0.228. The minimum Gasteiger partial charge on any atom is -0.486 e. The first kappa shape index (κ1) is 13.1. The second kappa shape index (κ2) is 5.14. The molecule has 0 aromatic heterocycles. The molecule has 1 atom stereocenters. The molecule has 1 aromatic carbocycles. The van der Waals surface area contributed by atoms with Crippen molar-refractivity contribution in [2.24, 2.45) is 5.92 Å². The van der Waals surface area contributed by atoms with Gasteiger partial charge in [-0.05, 0) is 25.8 Å². The predicted molar refractivity (Wildman–Crippen MR) is 57.3 cm³/mol. The summed E-state index contributed by atoms with van der Waals surface area (Å²) in [7, 11) is 1.70. The summed E-state index contributed by atoms with van der Waals surface area (Å²) >= 11 is 0. The van der Waals surface area contributed by atoms with Gasteiger partial charge in [0.15, 0.2) is 17.4 Å². The van der Waals surface area contributed by atoms with E-state index in [1.165, 1.54) is 0 Å². The predicted octanol–water partition coefficient (Wildman–Crippen LogP) is 2.62. The van der Waals surface area contributed by atoms with Crippen LogP contribution < -0.4 is 10.1 Å². The van der Waals surface area contributed by atoms with Crippen LogP contribution in [-0.4, -0.2) is 19.7 Å². The highest BCUT2D eigenvalue weighted by atomic mass is 19.2. The molecule has 100 valence electrons. The summed E-state index contributed by atoms with van der Waals surface area (Å²) in [6.07, 6.45) is 2.02. The largest absolute Gasteiger partial charge is 0.486 e. The normalized spacial score (nSPS) is 16.7. The third kappa shape index (κ3) is 2.58. The van der Waals surface area contributed by atoms with Gasteiger partial charge in [0.25, 0.3) is 0 Å². The van der Waals surface area contributed by atoms with Crippen LogP contribution >= 0.6 is 0 Å². The standard InChI is InChI=1S/C12H13F4NO/c1-17-9(6-2-3-6)5-18-12-10(15)7(13)4-8(14)11(12)16/h4,6,9,17H,2-3,5H2,1H3. The molecule has 1 unspecified atom stereocenters. The van der Waals surface area contributed by atoms with Crippen molar-refractivity contribution in [3.05, 3.63) is 29.3 Å². The molecule has 0 heterocycles. The lowest BCUT2D eigenvalue weighted by Gasteiger charge is -2.17. The zero-order valence-corrected chi connectivity index (χ0v) is 9.77. The smallest absolute Gasteiger partial charge is 0.203 e. The maximum Gasteiger partial charge on any atom is 0.203 e. The van der Waals surface area contributed by atoms with Gasteiger partial charge in [-0.25, -0.2) is 8.78 Å². The molecule has 1 aliphatic rings. The number of benzene rings is 1. The molecular formula is C12H13F4NO. The van der Waals surface area contributed by atoms with Gasteiger partial charge in [0, 0.05) is 12.1 Å². The fraction of sp³-hybridized carbons (Fsp3) is 0.500. The second-order valence-electron chi connectivity index (χ2n) is 4.34. The minimum atomic E-state index is -1.50. The Labute approximate surface area is 102 Å². The summed E-state index contributed by atoms with van der Waals surface area (Å²) in [5.74, 6) is -6.53. The average molecular weight is 263 g/mol. The molecule has 2 nitrogen and oxygen atoms in total. The number of hydrogen-bond acceptors (Lipinski definition) is 2. The van der Waals surface area contributed by atoms with Crippen LogP contribution in [0.1, 0.15) is 12.8 Å². The van der Waals surface area contributed by atoms with Gasteiger partial charge in [-0.15, -0.1) is 0 Å². The number of likely N-dealkylation sites (N-methyl/N-ethyl adjacent to an activating group) is 1. The Morgan fingerprint density at radius 3 is 2.22 bits per heavy atom. The van der Waals surface area contributed by atoms with Crippen LogP contribution in [0.5, 0.6) is 5.75 Å². The summed E-state index contributed by atoms with van der Waals surface area (Å²) in [5, 5.41) is 2.94. The Balaban J connectivity index is 2.12. The van der Waals surface area contributed by atoms with Crippen LogP contribution in [0.4, 0.5) is 17.6 Å². The Morgan fingerprint density at radius 2 is 1.78 bits per heavy atom. The maximum absolute atomic E-state index is 13.3. The first-order valence-corrected chi connectivity index (χ1v) is 5.67. The van der Waals surface area contributed by atoms with Crippen molar-refractivity contribution in [3.63, 3.8) is 0 Å². The lowest BCUT2D eigenvalue weighted by atomic mass is 10.2. The van der Waals surface area contributed by atoms with Crippen LogP contribution in [0.15, 0.2) is 6.07 Å². The molecule has 1 aliphatic carbocycles. The van der Waals surface area contributed by atoms with Gasteiger partial charge in [0.05, 0.1) is 0 Å². The highest BCUT2D eigenvalue weighted by Gasteiger charge is 2.31. The van der Waals surface area contributed by atoms with Gasteiger partial charge in [0.2, 0.25) is 11.6 Å². The van der Waals surface area contributed by atoms with Gasteiger partial charge in [-0.3, -0.25) is 0 Å². The molecular weight excluding hydrogens is 250 g/mol. The van der Waals surface area contributed by atoms with Gasteiger partial charge in [-0.2, -0.15) is 8.78 Å². The van der Waals surface area contributed by atoms with Crippen molar-refractivity contribution in [3.8, 4) is 5.75 Å². The van der Waals surface area contributed by atoms with Crippen LogP contribution in [-0.2, 0) is 0 Å². The zero-order valence-electron chi connectivity index (χ0n) is 9.77. The van der Waals surface area contributed by atoms with Crippen molar-refractivity contribution in [1.82, 2.24) is 5.32 Å². The molecule has 0 saturated heterocycles. The molecule has 0 amide bonds. The summed E-state index contributed by atoms with van der Waals surface area (Å²) in [4.78, 5) is 0. The third-order valence-electron chi connectivity index (χ3n) is 3.04. The van der Waals surface area contributed by atoms with E-state index in [0.29, 0.717) is 5.92 Å². The summed E-state index contributed by atoms with van der Waals surface area (Å²) in [6.45, 7) is -0.0299. The minimum absolute atomic E-state index is 0.0299. The van der Waals surface area contributed by atoms with E-state index in [-0.39, 0.29) is 18.7 Å². The fourth-order valence-electron chi connectivity index (χ4n) is 1.80. The molecule has 1 saturated carbocycles. The fourth-order valence-corrected chi connectivity index (χ4v) is 1.80. The SMILES string of the molecule is CNC(COc1c(F)c(F)cc(F)c1F)C1CC1. The van der Waals surface area contributed by atoms with Crippen molar-refractivity contribution in [2.45, 2.75) is 18.9 Å². The summed E-state index contributed by atoms with van der Waals surface area (Å²) in [5.41, 5.74) is 0. The van der Waals surface area contributed by atoms with E-state index < -0.39 is 29.0 Å². The number of rotatable bonds is 5. The third-order valence-corrected chi connectivity index (χ3v) is 3.04. The number of hydrogen-bond donors (Lipinski definition) is 1. The molecule has 18 heavy (non-hydrogen) atoms. The molecule has 2 rings (SSSR count). The van der Waals surface area contributed by atoms with Gasteiger partial charge in [0.1, 0.15) is 6.61 Å². The molecule has 0 spiro atoms. The van der Waals surface area contributed by atoms with Crippen LogP contribution in [0.3, 0.4) is 0 Å². The lowest BCUT2D eigenvalue weighted by Crippen LogP contribution is -2.34. The number of halogens is 4. The van der Waals surface area contributed by atoms with E-state index in [9.17, 15) is 17.6 Å². The summed E-state index contributed by atoms with van der Waals surface area (Å²) < 4.78 is 57.3. The maximum atomic E-state index is 13.3. The Morgan fingerprint density at radius 1 is 1.22 bits per heavy atom. The van der Waals surface area contributed by atoms with Gasteiger partial charge in [-0.1, -0.05) is 0 Å². The quantitative estimate of drug-likeness (QED) is 0.651. The Hall–Kier alpha value is -1.30. The topological polar surface area (TPSA) is 21.3 Å². The van der Waals surface area contributed by atoms with Gasteiger partial charge >= 0.3 is 0 Å². The molecule has 1 N–H and O–H groups in total. The zero-order chi connectivity index (χ0) is 13.3. The molecule has 6 heteroatoms. The van der Waals surface area contributed by atoms with Crippen molar-refractivity contribution < 1.29 is 22.3 Å². The van der Waals surface area contributed by atoms with E-state index in [2.05, 4.69) is 5.32 Å². The van der Waals surface area contributed by atoms with Crippen molar-refractivity contribution in [2.75, 3.05) is 13.7 Å². The average Bonchev–Trinajstić information content (AvgIpc) is 3.15. The second-order valence-corrected chi connectivity index (χ2v) is 4.34. The highest BCUT2D eigenvalue weighted by Crippen LogP contribution is 2.33. The molecule has 0 bridgehead atoms. The monoisotopic (exact) mass is 263 g/mol. The van der Waals surface area contributed by atoms with E-state index in [1.807, 2.05) is 0 Å². The number of nitrogens with one attached hydrogen (secondary N) is 1. The van der Waals surface area contributed by atoms with Crippen LogP contribution in [0, 0.1) is 29.2 Å². The van der Waals surface area contributed by atoms with E-state index in [4.69, 9.17) is 4.74 Å². The molecule has 1 fully saturated rings. The van der Waals surface area contributed by atoms with E-state index >= 15 is 0 Å². The van der Waals surface area contributed by atoms with Crippen molar-refractivity contribution >= 4 is 0 Å². The van der Waals surface area contributed by atoms with Crippen molar-refractivity contribution in [1.29, 1.82) is 0 Å². The van der Waals surface area contributed by atoms with E-state index in [0.717, 1.165) is 12.8 Å². The molecule has 0 radical (unpaired) electrons. The highest BCUT2D eigenvalue weighted by molar-refractivity contribution is 5.28. The first-order chi connectivity index (χ1) is 8.54. The Kier molecular flexibility index (Phi) is 3.75. The Bertz CT molecular complexity index is 422. The molecule has 1 aromatic rings. The summed E-state index contributed by atoms with van der Waals surface area (Å²) in [6, 6.07) is 0.0867. The number of ether oxygens (including phenoxy) is 1. The van der Waals surface area contributed by atoms with Crippen LogP contribution in [0.25, 0.3) is 0 Å². The van der Waals surface area contributed by atoms with Gasteiger partial charge < -0.3 is 10.1 Å². The molecule has 0 aliphatic heterocycles.